The SMILES string of the molecule is O=C(O)Cn1cc(/C=C2\SC(=O)N(CC(=O)N3CCCCCC3)C2=O)c2ccccc21. The molecule has 2 fully saturated rings. The fourth-order valence-corrected chi connectivity index (χ4v) is 4.83. The highest BCUT2D eigenvalue weighted by molar-refractivity contribution is 8.18. The smallest absolute Gasteiger partial charge is 0.323 e. The van der Waals surface area contributed by atoms with E-state index >= 15 is 0 Å². The Kier molecular flexibility index (Phi) is 6.13. The predicted molar refractivity (Wildman–Crippen MR) is 117 cm³/mol. The molecule has 2 saturated heterocycles. The highest BCUT2D eigenvalue weighted by Crippen LogP contribution is 2.34. The first-order valence-corrected chi connectivity index (χ1v) is 11.1. The average Bonchev–Trinajstić information content (AvgIpc) is 3.06. The van der Waals surface area contributed by atoms with E-state index in [4.69, 9.17) is 5.11 Å². The summed E-state index contributed by atoms with van der Waals surface area (Å²) in [6, 6.07) is 7.29. The number of imide groups is 1. The van der Waals surface area contributed by atoms with Crippen LogP contribution in [0.15, 0.2) is 35.4 Å². The van der Waals surface area contributed by atoms with E-state index in [2.05, 4.69) is 0 Å². The molecule has 1 N–H and O–H groups in total. The molecule has 31 heavy (non-hydrogen) atoms. The summed E-state index contributed by atoms with van der Waals surface area (Å²) in [7, 11) is 0. The summed E-state index contributed by atoms with van der Waals surface area (Å²) in [5.74, 6) is -1.67. The Morgan fingerprint density at radius 3 is 2.45 bits per heavy atom. The second kappa shape index (κ2) is 8.97. The zero-order valence-electron chi connectivity index (χ0n) is 17.0. The molecule has 1 aromatic carbocycles. The van der Waals surface area contributed by atoms with E-state index in [0.717, 1.165) is 53.2 Å². The fraction of sp³-hybridized carbons (Fsp3) is 0.364. The van der Waals surface area contributed by atoms with Crippen LogP contribution < -0.4 is 0 Å². The monoisotopic (exact) mass is 441 g/mol. The van der Waals surface area contributed by atoms with Crippen molar-refractivity contribution in [1.82, 2.24) is 14.4 Å². The second-order valence-corrected chi connectivity index (χ2v) is 8.68. The van der Waals surface area contributed by atoms with Crippen molar-refractivity contribution in [3.05, 3.63) is 40.9 Å². The van der Waals surface area contributed by atoms with E-state index in [1.807, 2.05) is 18.2 Å². The minimum atomic E-state index is -0.973. The molecule has 0 radical (unpaired) electrons. The Morgan fingerprint density at radius 1 is 1.03 bits per heavy atom. The summed E-state index contributed by atoms with van der Waals surface area (Å²) >= 11 is 0.803. The number of carboxylic acids is 1. The molecule has 9 heteroatoms. The van der Waals surface area contributed by atoms with E-state index in [0.29, 0.717) is 18.7 Å². The summed E-state index contributed by atoms with van der Waals surface area (Å²) in [5.41, 5.74) is 1.38. The van der Waals surface area contributed by atoms with Crippen molar-refractivity contribution in [2.75, 3.05) is 19.6 Å². The van der Waals surface area contributed by atoms with Crippen molar-refractivity contribution in [3.63, 3.8) is 0 Å². The van der Waals surface area contributed by atoms with Crippen LogP contribution in [0.1, 0.15) is 31.2 Å². The molecule has 0 atom stereocenters. The van der Waals surface area contributed by atoms with Gasteiger partial charge in [0, 0.05) is 35.8 Å². The molecular formula is C22H23N3O5S. The maximum Gasteiger partial charge on any atom is 0.323 e. The fourth-order valence-electron chi connectivity index (χ4n) is 4.00. The molecule has 2 aliphatic rings. The van der Waals surface area contributed by atoms with Crippen LogP contribution in [0.3, 0.4) is 0 Å². The lowest BCUT2D eigenvalue weighted by Gasteiger charge is -2.22. The van der Waals surface area contributed by atoms with E-state index in [1.54, 1.807) is 27.8 Å². The Balaban J connectivity index is 1.56. The van der Waals surface area contributed by atoms with Gasteiger partial charge >= 0.3 is 5.97 Å². The molecule has 3 amide bonds. The number of fused-ring (bicyclic) bond motifs is 1. The minimum absolute atomic E-state index is 0.205. The van der Waals surface area contributed by atoms with Crippen LogP contribution in [-0.4, -0.2) is 62.1 Å². The van der Waals surface area contributed by atoms with Gasteiger partial charge < -0.3 is 14.6 Å². The van der Waals surface area contributed by atoms with Crippen LogP contribution >= 0.6 is 11.8 Å². The van der Waals surface area contributed by atoms with Crippen molar-refractivity contribution < 1.29 is 24.3 Å². The number of carbonyl (C=O) groups excluding carboxylic acids is 3. The van der Waals surface area contributed by atoms with Crippen LogP contribution in [0, 0.1) is 0 Å². The van der Waals surface area contributed by atoms with E-state index < -0.39 is 17.1 Å². The molecule has 0 aliphatic carbocycles. The standard InChI is InChI=1S/C22H23N3O5S/c26-19(23-9-5-1-2-6-10-23)13-25-21(29)18(31-22(25)30)11-15-12-24(14-20(27)28)17-8-4-3-7-16(15)17/h3-4,7-8,11-12H,1-2,5-6,9-10,13-14H2,(H,27,28)/b18-11-. The predicted octanol–water partition coefficient (Wildman–Crippen LogP) is 3.16. The molecule has 0 saturated carbocycles. The number of benzene rings is 1. The Morgan fingerprint density at radius 2 is 1.74 bits per heavy atom. The second-order valence-electron chi connectivity index (χ2n) is 7.69. The molecule has 4 rings (SSSR count). The van der Waals surface area contributed by atoms with Gasteiger partial charge in [-0.15, -0.1) is 0 Å². The summed E-state index contributed by atoms with van der Waals surface area (Å²) in [5, 5.41) is 9.48. The van der Waals surface area contributed by atoms with Gasteiger partial charge in [0.15, 0.2) is 0 Å². The summed E-state index contributed by atoms with van der Waals surface area (Å²) in [6.45, 7) is 0.866. The van der Waals surface area contributed by atoms with Crippen molar-refractivity contribution in [3.8, 4) is 0 Å². The molecule has 0 unspecified atom stereocenters. The molecule has 0 bridgehead atoms. The Labute approximate surface area is 183 Å². The van der Waals surface area contributed by atoms with E-state index in [9.17, 15) is 19.2 Å². The number of amides is 3. The van der Waals surface area contributed by atoms with Crippen molar-refractivity contribution in [1.29, 1.82) is 0 Å². The highest BCUT2D eigenvalue weighted by Gasteiger charge is 2.37. The first kappa shape index (κ1) is 21.2. The van der Waals surface area contributed by atoms with Crippen LogP contribution in [-0.2, 0) is 20.9 Å². The number of aromatic nitrogens is 1. The molecule has 2 aromatic rings. The van der Waals surface area contributed by atoms with Crippen LogP contribution in [0.2, 0.25) is 0 Å². The first-order valence-electron chi connectivity index (χ1n) is 10.3. The van der Waals surface area contributed by atoms with Gasteiger partial charge in [0.25, 0.3) is 11.1 Å². The lowest BCUT2D eigenvalue weighted by Crippen LogP contribution is -2.42. The number of likely N-dealkylation sites (tertiary alicyclic amines) is 1. The minimum Gasteiger partial charge on any atom is -0.480 e. The Hall–Kier alpha value is -3.07. The van der Waals surface area contributed by atoms with Crippen LogP contribution in [0.5, 0.6) is 0 Å². The van der Waals surface area contributed by atoms with Crippen molar-refractivity contribution >= 4 is 51.8 Å². The average molecular weight is 442 g/mol. The quantitative estimate of drug-likeness (QED) is 0.716. The van der Waals surface area contributed by atoms with Gasteiger partial charge in [0.2, 0.25) is 5.91 Å². The number of nitrogens with zero attached hydrogens (tertiary/aromatic N) is 3. The number of para-hydroxylation sites is 1. The van der Waals surface area contributed by atoms with Gasteiger partial charge in [-0.05, 0) is 36.7 Å². The van der Waals surface area contributed by atoms with Crippen molar-refractivity contribution in [2.24, 2.45) is 0 Å². The topological polar surface area (TPSA) is 99.9 Å². The Bertz CT molecular complexity index is 1080. The zero-order valence-corrected chi connectivity index (χ0v) is 17.8. The lowest BCUT2D eigenvalue weighted by atomic mass is 10.1. The van der Waals surface area contributed by atoms with Gasteiger partial charge in [-0.3, -0.25) is 24.1 Å². The zero-order chi connectivity index (χ0) is 22.0. The molecule has 1 aromatic heterocycles. The molecular weight excluding hydrogens is 418 g/mol. The number of thioether (sulfide) groups is 1. The summed E-state index contributed by atoms with van der Waals surface area (Å²) in [6.07, 6.45) is 7.31. The summed E-state index contributed by atoms with van der Waals surface area (Å²) in [4.78, 5) is 52.1. The van der Waals surface area contributed by atoms with E-state index in [-0.39, 0.29) is 23.9 Å². The van der Waals surface area contributed by atoms with Gasteiger partial charge in [-0.1, -0.05) is 31.0 Å². The first-order chi connectivity index (χ1) is 14.9. The highest BCUT2D eigenvalue weighted by atomic mass is 32.2. The maximum atomic E-state index is 12.9. The van der Waals surface area contributed by atoms with Crippen molar-refractivity contribution in [2.45, 2.75) is 32.2 Å². The molecule has 162 valence electrons. The number of aliphatic carboxylic acids is 1. The largest absolute Gasteiger partial charge is 0.480 e. The molecule has 8 nitrogen and oxygen atoms in total. The maximum absolute atomic E-state index is 12.9. The normalized spacial score (nSPS) is 18.8. The number of hydrogen-bond acceptors (Lipinski definition) is 5. The van der Waals surface area contributed by atoms with Gasteiger partial charge in [-0.25, -0.2) is 0 Å². The number of hydrogen-bond donors (Lipinski definition) is 1. The molecule has 3 heterocycles. The van der Waals surface area contributed by atoms with Gasteiger partial charge in [-0.2, -0.15) is 0 Å². The van der Waals surface area contributed by atoms with E-state index in [1.165, 1.54) is 0 Å². The third-order valence-corrected chi connectivity index (χ3v) is 6.44. The number of carbonyl (C=O) groups is 4. The van der Waals surface area contributed by atoms with Crippen LogP contribution in [0.4, 0.5) is 4.79 Å². The lowest BCUT2D eigenvalue weighted by molar-refractivity contribution is -0.137. The summed E-state index contributed by atoms with van der Waals surface area (Å²) < 4.78 is 1.59. The third-order valence-electron chi connectivity index (χ3n) is 5.54. The number of carboxylic acid groups (broad SMARTS) is 1. The molecule has 2 aliphatic heterocycles. The molecule has 0 spiro atoms. The van der Waals surface area contributed by atoms with Gasteiger partial charge in [0.1, 0.15) is 13.1 Å². The number of rotatable bonds is 5. The van der Waals surface area contributed by atoms with Gasteiger partial charge in [0.05, 0.1) is 4.91 Å². The third kappa shape index (κ3) is 4.51. The van der Waals surface area contributed by atoms with Crippen LogP contribution in [0.25, 0.3) is 17.0 Å².